The van der Waals surface area contributed by atoms with Gasteiger partial charge in [-0.05, 0) is 24.3 Å². The van der Waals surface area contributed by atoms with E-state index in [-0.39, 0.29) is 30.3 Å². The molecule has 0 atom stereocenters. The van der Waals surface area contributed by atoms with Crippen molar-refractivity contribution in [2.24, 2.45) is 0 Å². The van der Waals surface area contributed by atoms with E-state index in [4.69, 9.17) is 14.7 Å². The van der Waals surface area contributed by atoms with Gasteiger partial charge in [0, 0.05) is 23.8 Å². The number of benzene rings is 2. The van der Waals surface area contributed by atoms with Crippen molar-refractivity contribution in [2.75, 3.05) is 12.1 Å². The van der Waals surface area contributed by atoms with Gasteiger partial charge in [-0.15, -0.1) is 0 Å². The summed E-state index contributed by atoms with van der Waals surface area (Å²) >= 11 is 0. The first-order chi connectivity index (χ1) is 14.9. The average molecular weight is 419 g/mol. The number of carbonyl (C=O) groups is 1. The molecule has 0 aliphatic carbocycles. The molecule has 3 aromatic rings. The summed E-state index contributed by atoms with van der Waals surface area (Å²) in [5.74, 6) is 0.570. The number of ether oxygens (including phenoxy) is 2. The van der Waals surface area contributed by atoms with Crippen LogP contribution in [0.25, 0.3) is 11.3 Å². The molecule has 2 aromatic carbocycles. The molecule has 0 spiro atoms. The van der Waals surface area contributed by atoms with Crippen molar-refractivity contribution in [3.8, 4) is 28.8 Å². The van der Waals surface area contributed by atoms with Crippen LogP contribution in [0.4, 0.5) is 11.4 Å². The molecule has 1 amide bonds. The van der Waals surface area contributed by atoms with Gasteiger partial charge in [0.25, 0.3) is 11.2 Å². The maximum absolute atomic E-state index is 12.4. The first kappa shape index (κ1) is 19.6. The van der Waals surface area contributed by atoms with Gasteiger partial charge < -0.3 is 14.8 Å². The fraction of sp³-hybridized carbons (Fsp3) is 0.100. The largest absolute Gasteiger partial charge is 0.454 e. The van der Waals surface area contributed by atoms with Crippen LogP contribution in [0.2, 0.25) is 0 Å². The number of anilines is 1. The van der Waals surface area contributed by atoms with Crippen molar-refractivity contribution in [1.82, 2.24) is 9.55 Å². The summed E-state index contributed by atoms with van der Waals surface area (Å²) in [7, 11) is 0. The summed E-state index contributed by atoms with van der Waals surface area (Å²) in [5, 5.41) is 22.5. The number of amides is 1. The smallest absolute Gasteiger partial charge is 0.270 e. The molecule has 1 aliphatic rings. The molecule has 1 aromatic heterocycles. The third-order valence-corrected chi connectivity index (χ3v) is 4.47. The highest BCUT2D eigenvalue weighted by Gasteiger charge is 2.16. The van der Waals surface area contributed by atoms with Crippen LogP contribution in [0, 0.1) is 21.4 Å². The van der Waals surface area contributed by atoms with Gasteiger partial charge in [-0.2, -0.15) is 5.26 Å². The average Bonchev–Trinajstić information content (AvgIpc) is 3.23. The quantitative estimate of drug-likeness (QED) is 0.488. The Morgan fingerprint density at radius 2 is 2.03 bits per heavy atom. The number of nitrogens with zero attached hydrogens (tertiary/aromatic N) is 4. The molecule has 31 heavy (non-hydrogen) atoms. The number of fused-ring (bicyclic) bond motifs is 1. The first-order valence-corrected chi connectivity index (χ1v) is 8.89. The Labute approximate surface area is 174 Å². The van der Waals surface area contributed by atoms with Gasteiger partial charge in [0.1, 0.15) is 12.6 Å². The van der Waals surface area contributed by atoms with Crippen molar-refractivity contribution >= 4 is 17.3 Å². The number of hydrogen-bond acceptors (Lipinski definition) is 8. The second kappa shape index (κ2) is 7.96. The van der Waals surface area contributed by atoms with Crippen LogP contribution in [0.3, 0.4) is 0 Å². The maximum atomic E-state index is 12.4. The molecule has 11 heteroatoms. The van der Waals surface area contributed by atoms with Gasteiger partial charge in [0.2, 0.25) is 12.7 Å². The highest BCUT2D eigenvalue weighted by Crippen LogP contribution is 2.35. The highest BCUT2D eigenvalue weighted by atomic mass is 16.7. The number of rotatable bonds is 5. The van der Waals surface area contributed by atoms with Crippen LogP contribution >= 0.6 is 0 Å². The third kappa shape index (κ3) is 4.03. The molecule has 0 fully saturated rings. The molecule has 1 aliphatic heterocycles. The number of nitro groups is 1. The lowest BCUT2D eigenvalue weighted by Crippen LogP contribution is -2.27. The number of nitrogens with one attached hydrogen (secondary N) is 1. The van der Waals surface area contributed by atoms with Gasteiger partial charge in [-0.1, -0.05) is 0 Å². The van der Waals surface area contributed by atoms with E-state index in [1.54, 1.807) is 24.3 Å². The predicted octanol–water partition coefficient (Wildman–Crippen LogP) is 2.06. The molecule has 0 unspecified atom stereocenters. The summed E-state index contributed by atoms with van der Waals surface area (Å²) in [6.45, 7) is -0.222. The van der Waals surface area contributed by atoms with Gasteiger partial charge in [-0.25, -0.2) is 4.98 Å². The molecule has 4 rings (SSSR count). The lowest BCUT2D eigenvalue weighted by molar-refractivity contribution is -0.384. The minimum atomic E-state index is -0.640. The van der Waals surface area contributed by atoms with E-state index in [1.807, 2.05) is 0 Å². The van der Waals surface area contributed by atoms with E-state index in [1.165, 1.54) is 24.5 Å². The lowest BCUT2D eigenvalue weighted by atomic mass is 10.1. The Kier molecular flexibility index (Phi) is 5.03. The zero-order valence-electron chi connectivity index (χ0n) is 15.8. The van der Waals surface area contributed by atoms with Gasteiger partial charge in [0.15, 0.2) is 11.5 Å². The fourth-order valence-corrected chi connectivity index (χ4v) is 2.95. The van der Waals surface area contributed by atoms with E-state index in [2.05, 4.69) is 10.3 Å². The Morgan fingerprint density at radius 3 is 2.77 bits per heavy atom. The van der Waals surface area contributed by atoms with Gasteiger partial charge in [-0.3, -0.25) is 24.3 Å². The third-order valence-electron chi connectivity index (χ3n) is 4.47. The standard InChI is InChI=1S/C20H13N5O6/c21-8-13-5-14(25(28)29)2-3-15(13)23-19(26)9-24-10-22-16(7-20(24)27)12-1-4-17-18(6-12)31-11-30-17/h1-7,10H,9,11H2,(H,23,26). The zero-order valence-corrected chi connectivity index (χ0v) is 15.8. The number of aromatic nitrogens is 2. The Balaban J connectivity index is 1.50. The molecular weight excluding hydrogens is 406 g/mol. The molecular formula is C20H13N5O6. The van der Waals surface area contributed by atoms with E-state index < -0.39 is 16.4 Å². The fourth-order valence-electron chi connectivity index (χ4n) is 2.95. The number of nitro benzene ring substituents is 1. The molecule has 2 heterocycles. The minimum Gasteiger partial charge on any atom is -0.454 e. The molecule has 154 valence electrons. The van der Waals surface area contributed by atoms with Crippen molar-refractivity contribution in [3.63, 3.8) is 0 Å². The normalized spacial score (nSPS) is 11.6. The molecule has 11 nitrogen and oxygen atoms in total. The monoisotopic (exact) mass is 419 g/mol. The van der Waals surface area contributed by atoms with Crippen LogP contribution in [-0.4, -0.2) is 27.2 Å². The number of carbonyl (C=O) groups excluding carboxylic acids is 1. The second-order valence-corrected chi connectivity index (χ2v) is 6.46. The number of nitriles is 1. The molecule has 0 saturated heterocycles. The number of non-ortho nitro benzene ring substituents is 1. The summed E-state index contributed by atoms with van der Waals surface area (Å²) in [5.41, 5.74) is 0.378. The van der Waals surface area contributed by atoms with Crippen molar-refractivity contribution in [2.45, 2.75) is 6.54 Å². The van der Waals surface area contributed by atoms with Crippen LogP contribution in [-0.2, 0) is 11.3 Å². The summed E-state index contributed by atoms with van der Waals surface area (Å²) in [6, 6.07) is 11.7. The van der Waals surface area contributed by atoms with Crippen LogP contribution in [0.1, 0.15) is 5.56 Å². The van der Waals surface area contributed by atoms with Crippen molar-refractivity contribution < 1.29 is 19.2 Å². The van der Waals surface area contributed by atoms with E-state index >= 15 is 0 Å². The lowest BCUT2D eigenvalue weighted by Gasteiger charge is -2.09. The van der Waals surface area contributed by atoms with E-state index in [0.29, 0.717) is 22.8 Å². The summed E-state index contributed by atoms with van der Waals surface area (Å²) in [6.07, 6.45) is 1.24. The zero-order chi connectivity index (χ0) is 22.0. The highest BCUT2D eigenvalue weighted by molar-refractivity contribution is 5.92. The number of hydrogen-bond donors (Lipinski definition) is 1. The maximum Gasteiger partial charge on any atom is 0.270 e. The van der Waals surface area contributed by atoms with Crippen molar-refractivity contribution in [3.05, 3.63) is 74.8 Å². The Morgan fingerprint density at radius 1 is 1.23 bits per heavy atom. The predicted molar refractivity (Wildman–Crippen MR) is 106 cm³/mol. The molecule has 0 bridgehead atoms. The summed E-state index contributed by atoms with van der Waals surface area (Å²) < 4.78 is 11.7. The van der Waals surface area contributed by atoms with E-state index in [0.717, 1.165) is 10.6 Å². The first-order valence-electron chi connectivity index (χ1n) is 8.89. The Hall–Kier alpha value is -4.72. The SMILES string of the molecule is N#Cc1cc([N+](=O)[O-])ccc1NC(=O)Cn1cnc(-c2ccc3c(c2)OCO3)cc1=O. The van der Waals surface area contributed by atoms with Crippen LogP contribution in [0.5, 0.6) is 11.5 Å². The van der Waals surface area contributed by atoms with E-state index in [9.17, 15) is 19.7 Å². The molecule has 1 N–H and O–H groups in total. The molecule has 0 saturated carbocycles. The van der Waals surface area contributed by atoms with Crippen LogP contribution < -0.4 is 20.3 Å². The van der Waals surface area contributed by atoms with Gasteiger partial charge in [0.05, 0.1) is 28.2 Å². The Bertz CT molecular complexity index is 1310. The van der Waals surface area contributed by atoms with Crippen LogP contribution in [0.15, 0.2) is 53.6 Å². The van der Waals surface area contributed by atoms with Gasteiger partial charge >= 0.3 is 0 Å². The molecule has 0 radical (unpaired) electrons. The summed E-state index contributed by atoms with van der Waals surface area (Å²) in [4.78, 5) is 39.2. The minimum absolute atomic E-state index is 0.0637. The second-order valence-electron chi connectivity index (χ2n) is 6.46. The van der Waals surface area contributed by atoms with Crippen molar-refractivity contribution in [1.29, 1.82) is 5.26 Å². The topological polar surface area (TPSA) is 149 Å².